The second-order valence-electron chi connectivity index (χ2n) is 13.7. The molecule has 2 aromatic heterocycles. The van der Waals surface area contributed by atoms with Crippen molar-refractivity contribution in [3.63, 3.8) is 0 Å². The standard InChI is InChI=1S/C42H41N5O9S/c1-24(2)38(50)45-42-44-37-33(39(51)46-42)43-23-47(37)40-35(49)34(48)31(56-40)22-54-41(52)30-16-10-15-28(32(30)25-17-19-29(53-3)20-18-25)21-55-57-36(26-11-6-4-7-12-26)27-13-8-5-9-14-27/h4-20,23-24,31,34-36,40,48-49H,21-22H2,1-3H3,(H2,44,45,46,50,51)/t31-,34-,35-,40-/m1/s1. The maximum atomic E-state index is 13.9. The molecular formula is C42H41N5O9S. The number of amides is 1. The monoisotopic (exact) mass is 791 g/mol. The van der Waals surface area contributed by atoms with Crippen LogP contribution in [0.25, 0.3) is 22.3 Å². The first-order chi connectivity index (χ1) is 27.6. The molecule has 0 bridgehead atoms. The number of H-pyrrole nitrogens is 1. The Labute approximate surface area is 332 Å². The highest BCUT2D eigenvalue weighted by Gasteiger charge is 2.45. The molecule has 0 aliphatic carbocycles. The first-order valence-corrected chi connectivity index (χ1v) is 19.0. The highest BCUT2D eigenvalue weighted by atomic mass is 32.2. The highest BCUT2D eigenvalue weighted by Crippen LogP contribution is 2.38. The minimum atomic E-state index is -1.51. The van der Waals surface area contributed by atoms with Gasteiger partial charge in [0.25, 0.3) is 5.56 Å². The van der Waals surface area contributed by atoms with Crippen molar-refractivity contribution in [1.82, 2.24) is 19.5 Å². The lowest BCUT2D eigenvalue weighted by molar-refractivity contribution is -0.118. The largest absolute Gasteiger partial charge is 0.497 e. The van der Waals surface area contributed by atoms with Gasteiger partial charge in [0.1, 0.15) is 30.7 Å². The maximum Gasteiger partial charge on any atom is 0.338 e. The van der Waals surface area contributed by atoms with Crippen LogP contribution in [0.5, 0.6) is 5.75 Å². The highest BCUT2D eigenvalue weighted by molar-refractivity contribution is 7.95. The number of esters is 1. The minimum Gasteiger partial charge on any atom is -0.497 e. The van der Waals surface area contributed by atoms with E-state index >= 15 is 0 Å². The molecule has 0 radical (unpaired) electrons. The molecule has 1 fully saturated rings. The van der Waals surface area contributed by atoms with Gasteiger partial charge in [-0.25, -0.2) is 9.78 Å². The SMILES string of the molecule is COc1ccc(-c2c(COSC(c3ccccc3)c3ccccc3)cccc2C(=O)OC[C@H]2O[C@@H](n3cnc4c(=O)[nH]c(NC(=O)C(C)C)nc43)[C@H](O)[C@@H]2O)cc1. The number of ether oxygens (including phenoxy) is 3. The van der Waals surface area contributed by atoms with E-state index in [1.54, 1.807) is 45.2 Å². The van der Waals surface area contributed by atoms with Crippen molar-refractivity contribution in [2.24, 2.45) is 5.92 Å². The Hall–Kier alpha value is -5.84. The van der Waals surface area contributed by atoms with Gasteiger partial charge in [-0.2, -0.15) is 4.98 Å². The summed E-state index contributed by atoms with van der Waals surface area (Å²) in [6, 6.07) is 32.7. The molecule has 0 saturated carbocycles. The van der Waals surface area contributed by atoms with Crippen molar-refractivity contribution in [2.45, 2.75) is 50.2 Å². The number of benzene rings is 4. The number of methoxy groups -OCH3 is 1. The molecule has 7 rings (SSSR count). The number of hydrogen-bond acceptors (Lipinski definition) is 12. The van der Waals surface area contributed by atoms with Gasteiger partial charge < -0.3 is 28.6 Å². The maximum absolute atomic E-state index is 13.9. The molecule has 1 aliphatic rings. The molecule has 4 atom stereocenters. The molecule has 0 unspecified atom stereocenters. The molecule has 57 heavy (non-hydrogen) atoms. The zero-order valence-corrected chi connectivity index (χ0v) is 32.1. The molecular weight excluding hydrogens is 751 g/mol. The van der Waals surface area contributed by atoms with E-state index in [1.807, 2.05) is 54.6 Å². The fourth-order valence-corrected chi connectivity index (χ4v) is 7.35. The first-order valence-electron chi connectivity index (χ1n) is 18.2. The number of carbonyl (C=O) groups excluding carboxylic acids is 2. The van der Waals surface area contributed by atoms with E-state index in [2.05, 4.69) is 44.5 Å². The first kappa shape index (κ1) is 39.4. The summed E-state index contributed by atoms with van der Waals surface area (Å²) in [5.74, 6) is -0.915. The van der Waals surface area contributed by atoms with E-state index < -0.39 is 42.7 Å². The number of nitrogens with zero attached hydrogens (tertiary/aromatic N) is 3. The van der Waals surface area contributed by atoms with Crippen LogP contribution in [0.15, 0.2) is 114 Å². The minimum absolute atomic E-state index is 0.00638. The quantitative estimate of drug-likeness (QED) is 0.0766. The van der Waals surface area contributed by atoms with Crippen molar-refractivity contribution >= 4 is 41.0 Å². The predicted octanol–water partition coefficient (Wildman–Crippen LogP) is 5.82. The number of aliphatic hydroxyl groups is 2. The number of carbonyl (C=O) groups is 2. The third-order valence-electron chi connectivity index (χ3n) is 9.52. The fourth-order valence-electron chi connectivity index (χ4n) is 6.48. The van der Waals surface area contributed by atoms with Crippen LogP contribution in [0.4, 0.5) is 5.95 Å². The van der Waals surface area contributed by atoms with Gasteiger partial charge in [0.05, 0.1) is 30.9 Å². The van der Waals surface area contributed by atoms with Crippen LogP contribution in [-0.4, -0.2) is 73.6 Å². The van der Waals surface area contributed by atoms with Crippen LogP contribution in [0, 0.1) is 5.92 Å². The molecule has 1 amide bonds. The summed E-state index contributed by atoms with van der Waals surface area (Å²) in [4.78, 5) is 49.8. The van der Waals surface area contributed by atoms with Crippen molar-refractivity contribution < 1.29 is 38.2 Å². The molecule has 4 aromatic carbocycles. The zero-order valence-electron chi connectivity index (χ0n) is 31.3. The summed E-state index contributed by atoms with van der Waals surface area (Å²) < 4.78 is 24.8. The molecule has 4 N–H and O–H groups in total. The van der Waals surface area contributed by atoms with Crippen molar-refractivity contribution in [1.29, 1.82) is 0 Å². The molecule has 3 heterocycles. The van der Waals surface area contributed by atoms with E-state index in [0.29, 0.717) is 11.3 Å². The Kier molecular flexibility index (Phi) is 12.1. The zero-order chi connectivity index (χ0) is 40.1. The van der Waals surface area contributed by atoms with Gasteiger partial charge in [-0.05, 0) is 40.5 Å². The average molecular weight is 792 g/mol. The number of aromatic nitrogens is 4. The number of anilines is 1. The van der Waals surface area contributed by atoms with Crippen LogP contribution >= 0.6 is 12.0 Å². The summed E-state index contributed by atoms with van der Waals surface area (Å²) in [5.41, 5.74) is 3.77. The number of aromatic amines is 1. The summed E-state index contributed by atoms with van der Waals surface area (Å²) in [5, 5.41) is 24.5. The predicted molar refractivity (Wildman–Crippen MR) is 213 cm³/mol. The van der Waals surface area contributed by atoms with Gasteiger partial charge in [-0.15, -0.1) is 0 Å². The van der Waals surface area contributed by atoms with Crippen LogP contribution in [-0.2, 0) is 25.1 Å². The fraction of sp³-hybridized carbons (Fsp3) is 0.262. The van der Waals surface area contributed by atoms with Crippen LogP contribution < -0.4 is 15.6 Å². The van der Waals surface area contributed by atoms with Gasteiger partial charge in [-0.1, -0.05) is 98.8 Å². The lowest BCUT2D eigenvalue weighted by Gasteiger charge is -2.19. The summed E-state index contributed by atoms with van der Waals surface area (Å²) >= 11 is 1.33. The van der Waals surface area contributed by atoms with Gasteiger partial charge in [0, 0.05) is 23.5 Å². The van der Waals surface area contributed by atoms with Gasteiger partial charge in [-0.3, -0.25) is 24.5 Å². The Morgan fingerprint density at radius 1 is 0.930 bits per heavy atom. The third kappa shape index (κ3) is 8.62. The molecule has 294 valence electrons. The van der Waals surface area contributed by atoms with Crippen LogP contribution in [0.2, 0.25) is 0 Å². The topological polar surface area (TPSA) is 187 Å². The van der Waals surface area contributed by atoms with E-state index in [1.165, 1.54) is 22.9 Å². The summed E-state index contributed by atoms with van der Waals surface area (Å²) in [6.07, 6.45) is -4.16. The van der Waals surface area contributed by atoms with E-state index in [9.17, 15) is 24.6 Å². The van der Waals surface area contributed by atoms with Gasteiger partial charge >= 0.3 is 5.97 Å². The second kappa shape index (κ2) is 17.5. The lowest BCUT2D eigenvalue weighted by Crippen LogP contribution is -2.34. The number of aliphatic hydroxyl groups excluding tert-OH is 2. The molecule has 6 aromatic rings. The van der Waals surface area contributed by atoms with Crippen LogP contribution in [0.1, 0.15) is 52.4 Å². The third-order valence-corrected chi connectivity index (χ3v) is 10.5. The van der Waals surface area contributed by atoms with Crippen molar-refractivity contribution in [2.75, 3.05) is 19.0 Å². The number of imidazole rings is 1. The number of rotatable bonds is 14. The normalized spacial score (nSPS) is 17.9. The van der Waals surface area contributed by atoms with E-state index in [4.69, 9.17) is 18.4 Å². The second-order valence-corrected chi connectivity index (χ2v) is 14.6. The average Bonchev–Trinajstić information content (AvgIpc) is 3.78. The number of fused-ring (bicyclic) bond motifs is 1. The molecule has 1 aliphatic heterocycles. The summed E-state index contributed by atoms with van der Waals surface area (Å²) in [6.45, 7) is 3.11. The molecule has 0 spiro atoms. The summed E-state index contributed by atoms with van der Waals surface area (Å²) in [7, 11) is 1.57. The van der Waals surface area contributed by atoms with Crippen molar-refractivity contribution in [3.8, 4) is 16.9 Å². The molecule has 1 saturated heterocycles. The Morgan fingerprint density at radius 2 is 1.61 bits per heavy atom. The van der Waals surface area contributed by atoms with Gasteiger partial charge in [0.2, 0.25) is 11.9 Å². The molecule has 14 nitrogen and oxygen atoms in total. The number of hydrogen-bond donors (Lipinski definition) is 4. The van der Waals surface area contributed by atoms with Gasteiger partial charge in [0.15, 0.2) is 17.4 Å². The smallest absolute Gasteiger partial charge is 0.338 e. The lowest BCUT2D eigenvalue weighted by atomic mass is 9.94. The molecule has 15 heteroatoms. The Bertz CT molecular complexity index is 2350. The Morgan fingerprint density at radius 3 is 2.26 bits per heavy atom. The van der Waals surface area contributed by atoms with E-state index in [0.717, 1.165) is 22.3 Å². The van der Waals surface area contributed by atoms with E-state index in [-0.39, 0.29) is 46.4 Å². The van der Waals surface area contributed by atoms with Crippen molar-refractivity contribution in [3.05, 3.63) is 142 Å². The Balaban J connectivity index is 1.10. The van der Waals surface area contributed by atoms with Crippen LogP contribution in [0.3, 0.4) is 0 Å². The number of nitrogens with one attached hydrogen (secondary N) is 2.